The van der Waals surface area contributed by atoms with Crippen LogP contribution in [0.4, 0.5) is 0 Å². The first kappa shape index (κ1) is 10.7. The smallest absolute Gasteiger partial charge is 0.0572 e. The topological polar surface area (TPSA) is 21.3 Å². The second-order valence-electron chi connectivity index (χ2n) is 3.02. The van der Waals surface area contributed by atoms with Crippen LogP contribution in [-0.4, -0.2) is 13.2 Å². The van der Waals surface area contributed by atoms with Gasteiger partial charge in [0.2, 0.25) is 0 Å². The Kier molecular flexibility index (Phi) is 4.42. The zero-order chi connectivity index (χ0) is 9.68. The third kappa shape index (κ3) is 3.46. The molecule has 0 unspecified atom stereocenters. The van der Waals surface area contributed by atoms with Crippen molar-refractivity contribution in [2.75, 3.05) is 7.11 Å². The Morgan fingerprint density at radius 3 is 2.77 bits per heavy atom. The Morgan fingerprint density at radius 2 is 2.15 bits per heavy atom. The van der Waals surface area contributed by atoms with Gasteiger partial charge in [-0.3, -0.25) is 0 Å². The highest BCUT2D eigenvalue weighted by molar-refractivity contribution is 9.10. The van der Waals surface area contributed by atoms with Gasteiger partial charge in [-0.05, 0) is 25.0 Å². The number of hydrogen-bond acceptors (Lipinski definition) is 2. The predicted octanol–water partition coefficient (Wildman–Crippen LogP) is 2.53. The lowest BCUT2D eigenvalue weighted by Gasteiger charge is -2.12. The van der Waals surface area contributed by atoms with Crippen LogP contribution in [0.1, 0.15) is 12.5 Å². The lowest BCUT2D eigenvalue weighted by Crippen LogP contribution is -2.26. The molecule has 0 aliphatic heterocycles. The number of hydroxylamine groups is 1. The van der Waals surface area contributed by atoms with Gasteiger partial charge in [-0.2, -0.15) is 5.48 Å². The summed E-state index contributed by atoms with van der Waals surface area (Å²) in [4.78, 5) is 4.85. The highest BCUT2D eigenvalue weighted by atomic mass is 79.9. The molecule has 3 heteroatoms. The summed E-state index contributed by atoms with van der Waals surface area (Å²) in [6, 6.07) is 8.54. The summed E-state index contributed by atoms with van der Waals surface area (Å²) >= 11 is 3.51. The van der Waals surface area contributed by atoms with Crippen molar-refractivity contribution in [2.24, 2.45) is 0 Å². The van der Waals surface area contributed by atoms with E-state index in [1.807, 2.05) is 12.1 Å². The first-order chi connectivity index (χ1) is 6.24. The van der Waals surface area contributed by atoms with Crippen molar-refractivity contribution in [2.45, 2.75) is 19.4 Å². The Hall–Kier alpha value is -0.380. The molecule has 1 aromatic carbocycles. The SMILES string of the molecule is CON[C@@H](C)Cc1ccccc1Br. The van der Waals surface area contributed by atoms with Gasteiger partial charge in [-0.25, -0.2) is 0 Å². The maximum atomic E-state index is 4.85. The minimum absolute atomic E-state index is 0.323. The first-order valence-electron chi connectivity index (χ1n) is 4.26. The van der Waals surface area contributed by atoms with E-state index in [2.05, 4.69) is 40.5 Å². The number of nitrogens with one attached hydrogen (secondary N) is 1. The van der Waals surface area contributed by atoms with Crippen LogP contribution in [0.15, 0.2) is 28.7 Å². The second kappa shape index (κ2) is 5.37. The van der Waals surface area contributed by atoms with Crippen LogP contribution in [0.25, 0.3) is 0 Å². The van der Waals surface area contributed by atoms with Gasteiger partial charge in [0.15, 0.2) is 0 Å². The molecular weight excluding hydrogens is 230 g/mol. The third-order valence-electron chi connectivity index (χ3n) is 1.80. The van der Waals surface area contributed by atoms with Crippen LogP contribution in [0.2, 0.25) is 0 Å². The molecule has 1 atom stereocenters. The van der Waals surface area contributed by atoms with E-state index in [1.165, 1.54) is 5.56 Å². The number of hydrogen-bond donors (Lipinski definition) is 1. The maximum Gasteiger partial charge on any atom is 0.0572 e. The highest BCUT2D eigenvalue weighted by Gasteiger charge is 2.04. The Bertz CT molecular complexity index is 265. The van der Waals surface area contributed by atoms with Crippen LogP contribution in [0, 0.1) is 0 Å². The fourth-order valence-corrected chi connectivity index (χ4v) is 1.68. The van der Waals surface area contributed by atoms with Crippen molar-refractivity contribution < 1.29 is 4.84 Å². The van der Waals surface area contributed by atoms with Crippen molar-refractivity contribution in [3.8, 4) is 0 Å². The van der Waals surface area contributed by atoms with Gasteiger partial charge in [0.25, 0.3) is 0 Å². The summed E-state index contributed by atoms with van der Waals surface area (Å²) in [5, 5.41) is 0. The highest BCUT2D eigenvalue weighted by Crippen LogP contribution is 2.17. The second-order valence-corrected chi connectivity index (χ2v) is 3.87. The number of halogens is 1. The van der Waals surface area contributed by atoms with E-state index >= 15 is 0 Å². The molecule has 72 valence electrons. The van der Waals surface area contributed by atoms with Crippen LogP contribution in [-0.2, 0) is 11.3 Å². The van der Waals surface area contributed by atoms with Crippen LogP contribution in [0.5, 0.6) is 0 Å². The minimum atomic E-state index is 0.323. The molecule has 0 aliphatic rings. The van der Waals surface area contributed by atoms with E-state index in [9.17, 15) is 0 Å². The molecule has 0 heterocycles. The van der Waals surface area contributed by atoms with Crippen molar-refractivity contribution in [3.63, 3.8) is 0 Å². The van der Waals surface area contributed by atoms with E-state index in [0.29, 0.717) is 6.04 Å². The lowest BCUT2D eigenvalue weighted by molar-refractivity contribution is 0.0661. The van der Waals surface area contributed by atoms with E-state index in [1.54, 1.807) is 7.11 Å². The summed E-state index contributed by atoms with van der Waals surface area (Å²) < 4.78 is 1.15. The molecule has 0 saturated heterocycles. The van der Waals surface area contributed by atoms with Crippen molar-refractivity contribution in [1.82, 2.24) is 5.48 Å². The molecule has 0 spiro atoms. The summed E-state index contributed by atoms with van der Waals surface area (Å²) in [6.07, 6.45) is 0.954. The molecule has 1 rings (SSSR count). The molecule has 0 bridgehead atoms. The largest absolute Gasteiger partial charge is 0.305 e. The molecular formula is C10H14BrNO. The van der Waals surface area contributed by atoms with Crippen LogP contribution >= 0.6 is 15.9 Å². The summed E-state index contributed by atoms with van der Waals surface area (Å²) in [5.74, 6) is 0. The fraction of sp³-hybridized carbons (Fsp3) is 0.400. The molecule has 1 aromatic rings. The quantitative estimate of drug-likeness (QED) is 0.822. The van der Waals surface area contributed by atoms with Gasteiger partial charge in [0.1, 0.15) is 0 Å². The molecule has 0 saturated carbocycles. The summed E-state index contributed by atoms with van der Waals surface area (Å²) in [7, 11) is 1.64. The molecule has 0 aromatic heterocycles. The average molecular weight is 244 g/mol. The summed E-state index contributed by atoms with van der Waals surface area (Å²) in [5.41, 5.74) is 4.19. The van der Waals surface area contributed by atoms with Crippen molar-refractivity contribution in [1.29, 1.82) is 0 Å². The standard InChI is InChI=1S/C10H14BrNO/c1-8(12-13-2)7-9-5-3-4-6-10(9)11/h3-6,8,12H,7H2,1-2H3/t8-/m0/s1. The Morgan fingerprint density at radius 1 is 1.46 bits per heavy atom. The lowest BCUT2D eigenvalue weighted by atomic mass is 10.1. The average Bonchev–Trinajstić information content (AvgIpc) is 2.09. The van der Waals surface area contributed by atoms with Gasteiger partial charge >= 0.3 is 0 Å². The van der Waals surface area contributed by atoms with Gasteiger partial charge in [-0.15, -0.1) is 0 Å². The fourth-order valence-electron chi connectivity index (χ4n) is 1.24. The zero-order valence-electron chi connectivity index (χ0n) is 7.88. The van der Waals surface area contributed by atoms with E-state index in [4.69, 9.17) is 4.84 Å². The molecule has 2 nitrogen and oxygen atoms in total. The Balaban J connectivity index is 2.58. The normalized spacial score (nSPS) is 12.8. The first-order valence-corrected chi connectivity index (χ1v) is 5.05. The van der Waals surface area contributed by atoms with Gasteiger partial charge in [0.05, 0.1) is 7.11 Å². The van der Waals surface area contributed by atoms with Crippen LogP contribution in [0.3, 0.4) is 0 Å². The molecule has 0 radical (unpaired) electrons. The van der Waals surface area contributed by atoms with Gasteiger partial charge in [0, 0.05) is 10.5 Å². The van der Waals surface area contributed by atoms with E-state index in [-0.39, 0.29) is 0 Å². The summed E-state index contributed by atoms with van der Waals surface area (Å²) in [6.45, 7) is 2.09. The monoisotopic (exact) mass is 243 g/mol. The van der Waals surface area contributed by atoms with E-state index in [0.717, 1.165) is 10.9 Å². The molecule has 13 heavy (non-hydrogen) atoms. The van der Waals surface area contributed by atoms with Gasteiger partial charge in [-0.1, -0.05) is 34.1 Å². The molecule has 0 aliphatic carbocycles. The maximum absolute atomic E-state index is 4.85. The molecule has 0 fully saturated rings. The predicted molar refractivity (Wildman–Crippen MR) is 57.5 cm³/mol. The third-order valence-corrected chi connectivity index (χ3v) is 2.58. The van der Waals surface area contributed by atoms with E-state index < -0.39 is 0 Å². The Labute approximate surface area is 87.4 Å². The van der Waals surface area contributed by atoms with Gasteiger partial charge < -0.3 is 4.84 Å². The zero-order valence-corrected chi connectivity index (χ0v) is 9.47. The van der Waals surface area contributed by atoms with Crippen LogP contribution < -0.4 is 5.48 Å². The molecule has 1 N–H and O–H groups in total. The minimum Gasteiger partial charge on any atom is -0.305 e. The van der Waals surface area contributed by atoms with Crippen molar-refractivity contribution >= 4 is 15.9 Å². The van der Waals surface area contributed by atoms with Crippen molar-refractivity contribution in [3.05, 3.63) is 34.3 Å². The molecule has 0 amide bonds. The number of benzene rings is 1. The number of rotatable bonds is 4.